The minimum atomic E-state index is -0.350. The van der Waals surface area contributed by atoms with Crippen molar-refractivity contribution in [3.05, 3.63) is 35.9 Å². The van der Waals surface area contributed by atoms with Crippen LogP contribution < -0.4 is 4.74 Å². The molecule has 0 aliphatic heterocycles. The number of rotatable bonds is 1. The number of benzene rings is 1. The van der Waals surface area contributed by atoms with Crippen LogP contribution in [0.25, 0.3) is 10.9 Å². The molecule has 0 spiro atoms. The standard InChI is InChI=1S/C12H11NO2/c1-8-7-12(15-9(2)14)13-11-6-4-3-5-10(8)11/h3-7H,1-2H3. The summed E-state index contributed by atoms with van der Waals surface area (Å²) >= 11 is 0. The first-order valence-electron chi connectivity index (χ1n) is 4.71. The number of para-hydroxylation sites is 1. The van der Waals surface area contributed by atoms with Crippen molar-refractivity contribution in [2.45, 2.75) is 13.8 Å². The molecule has 0 aliphatic rings. The number of ether oxygens (including phenoxy) is 1. The normalized spacial score (nSPS) is 10.3. The van der Waals surface area contributed by atoms with Crippen LogP contribution in [-0.4, -0.2) is 11.0 Å². The molecular weight excluding hydrogens is 190 g/mol. The van der Waals surface area contributed by atoms with Crippen molar-refractivity contribution >= 4 is 16.9 Å². The second-order valence-electron chi connectivity index (χ2n) is 3.39. The van der Waals surface area contributed by atoms with Gasteiger partial charge in [-0.15, -0.1) is 0 Å². The largest absolute Gasteiger partial charge is 0.408 e. The lowest BCUT2D eigenvalue weighted by Crippen LogP contribution is -2.03. The Labute approximate surface area is 87.7 Å². The molecule has 3 nitrogen and oxygen atoms in total. The lowest BCUT2D eigenvalue weighted by molar-refractivity contribution is -0.132. The van der Waals surface area contributed by atoms with E-state index >= 15 is 0 Å². The predicted octanol–water partition coefficient (Wildman–Crippen LogP) is 2.47. The van der Waals surface area contributed by atoms with Gasteiger partial charge in [0.2, 0.25) is 5.88 Å². The highest BCUT2D eigenvalue weighted by atomic mass is 16.5. The minimum Gasteiger partial charge on any atom is -0.408 e. The van der Waals surface area contributed by atoms with E-state index in [-0.39, 0.29) is 5.97 Å². The smallest absolute Gasteiger partial charge is 0.309 e. The number of aryl methyl sites for hydroxylation is 1. The maximum Gasteiger partial charge on any atom is 0.309 e. The van der Waals surface area contributed by atoms with E-state index in [1.165, 1.54) is 6.92 Å². The molecule has 3 heteroatoms. The van der Waals surface area contributed by atoms with Crippen LogP contribution in [-0.2, 0) is 4.79 Å². The van der Waals surface area contributed by atoms with Crippen LogP contribution in [0.5, 0.6) is 5.88 Å². The molecule has 0 aliphatic carbocycles. The average Bonchev–Trinajstić information content (AvgIpc) is 2.16. The summed E-state index contributed by atoms with van der Waals surface area (Å²) in [6, 6.07) is 9.53. The van der Waals surface area contributed by atoms with Crippen LogP contribution in [0.4, 0.5) is 0 Å². The van der Waals surface area contributed by atoms with Crippen LogP contribution in [0, 0.1) is 6.92 Å². The highest BCUT2D eigenvalue weighted by Gasteiger charge is 2.04. The second-order valence-corrected chi connectivity index (χ2v) is 3.39. The Morgan fingerprint density at radius 2 is 2.07 bits per heavy atom. The molecule has 76 valence electrons. The number of pyridine rings is 1. The van der Waals surface area contributed by atoms with Crippen molar-refractivity contribution < 1.29 is 9.53 Å². The minimum absolute atomic E-state index is 0.350. The molecule has 0 saturated heterocycles. The molecule has 0 radical (unpaired) electrons. The molecule has 0 saturated carbocycles. The average molecular weight is 201 g/mol. The van der Waals surface area contributed by atoms with E-state index in [1.54, 1.807) is 6.07 Å². The van der Waals surface area contributed by atoms with Gasteiger partial charge >= 0.3 is 5.97 Å². The molecule has 2 aromatic rings. The van der Waals surface area contributed by atoms with Gasteiger partial charge in [0.05, 0.1) is 5.52 Å². The Hall–Kier alpha value is -1.90. The molecule has 0 atom stereocenters. The van der Waals surface area contributed by atoms with Crippen molar-refractivity contribution in [3.63, 3.8) is 0 Å². The van der Waals surface area contributed by atoms with Gasteiger partial charge in [-0.2, -0.15) is 0 Å². The summed E-state index contributed by atoms with van der Waals surface area (Å²) in [4.78, 5) is 15.0. The molecule has 0 bridgehead atoms. The van der Waals surface area contributed by atoms with Crippen molar-refractivity contribution in [2.24, 2.45) is 0 Å². The lowest BCUT2D eigenvalue weighted by Gasteiger charge is -2.05. The highest BCUT2D eigenvalue weighted by molar-refractivity contribution is 5.83. The van der Waals surface area contributed by atoms with E-state index in [0.29, 0.717) is 5.88 Å². The number of esters is 1. The topological polar surface area (TPSA) is 39.2 Å². The first-order chi connectivity index (χ1) is 7.16. The third-order valence-electron chi connectivity index (χ3n) is 2.15. The highest BCUT2D eigenvalue weighted by Crippen LogP contribution is 2.20. The molecule has 0 fully saturated rings. The molecule has 0 N–H and O–H groups in total. The van der Waals surface area contributed by atoms with Crippen LogP contribution in [0.15, 0.2) is 30.3 Å². The van der Waals surface area contributed by atoms with E-state index in [1.807, 2.05) is 31.2 Å². The Morgan fingerprint density at radius 1 is 1.33 bits per heavy atom. The number of hydrogen-bond donors (Lipinski definition) is 0. The zero-order valence-corrected chi connectivity index (χ0v) is 8.65. The molecule has 15 heavy (non-hydrogen) atoms. The molecule has 1 heterocycles. The van der Waals surface area contributed by atoms with Crippen LogP contribution in [0.3, 0.4) is 0 Å². The van der Waals surface area contributed by atoms with Gasteiger partial charge in [-0.3, -0.25) is 4.79 Å². The van der Waals surface area contributed by atoms with Crippen molar-refractivity contribution in [3.8, 4) is 5.88 Å². The molecule has 1 aromatic heterocycles. The van der Waals surface area contributed by atoms with E-state index in [0.717, 1.165) is 16.5 Å². The number of nitrogens with zero attached hydrogens (tertiary/aromatic N) is 1. The molecule has 0 unspecified atom stereocenters. The van der Waals surface area contributed by atoms with Crippen LogP contribution in [0.2, 0.25) is 0 Å². The van der Waals surface area contributed by atoms with Crippen molar-refractivity contribution in [2.75, 3.05) is 0 Å². The summed E-state index contributed by atoms with van der Waals surface area (Å²) in [6.07, 6.45) is 0. The zero-order valence-electron chi connectivity index (χ0n) is 8.65. The Morgan fingerprint density at radius 3 is 2.80 bits per heavy atom. The first kappa shape index (κ1) is 9.65. The summed E-state index contributed by atoms with van der Waals surface area (Å²) in [5.41, 5.74) is 1.89. The molecular formula is C12H11NO2. The molecule has 1 aromatic carbocycles. The van der Waals surface area contributed by atoms with E-state index < -0.39 is 0 Å². The number of fused-ring (bicyclic) bond motifs is 1. The van der Waals surface area contributed by atoms with Gasteiger partial charge in [0.25, 0.3) is 0 Å². The van der Waals surface area contributed by atoms with Crippen molar-refractivity contribution in [1.29, 1.82) is 0 Å². The first-order valence-corrected chi connectivity index (χ1v) is 4.71. The second kappa shape index (κ2) is 3.69. The monoisotopic (exact) mass is 201 g/mol. The summed E-state index contributed by atoms with van der Waals surface area (Å²) in [6.45, 7) is 3.34. The number of carbonyl (C=O) groups excluding carboxylic acids is 1. The maximum atomic E-state index is 10.8. The fraction of sp³-hybridized carbons (Fsp3) is 0.167. The quantitative estimate of drug-likeness (QED) is 0.665. The molecule has 0 amide bonds. The number of aromatic nitrogens is 1. The van der Waals surface area contributed by atoms with Gasteiger partial charge in [0.15, 0.2) is 0 Å². The summed E-state index contributed by atoms with van der Waals surface area (Å²) in [7, 11) is 0. The summed E-state index contributed by atoms with van der Waals surface area (Å²) < 4.78 is 4.95. The fourth-order valence-electron chi connectivity index (χ4n) is 1.52. The lowest BCUT2D eigenvalue weighted by atomic mass is 10.1. The van der Waals surface area contributed by atoms with Crippen LogP contribution >= 0.6 is 0 Å². The summed E-state index contributed by atoms with van der Waals surface area (Å²) in [5, 5.41) is 1.08. The maximum absolute atomic E-state index is 10.8. The van der Waals surface area contributed by atoms with Gasteiger partial charge in [-0.25, -0.2) is 4.98 Å². The van der Waals surface area contributed by atoms with Gasteiger partial charge in [0.1, 0.15) is 0 Å². The van der Waals surface area contributed by atoms with Crippen LogP contribution in [0.1, 0.15) is 12.5 Å². The van der Waals surface area contributed by atoms with Gasteiger partial charge in [-0.1, -0.05) is 18.2 Å². The molecule has 2 rings (SSSR count). The fourth-order valence-corrected chi connectivity index (χ4v) is 1.52. The third-order valence-corrected chi connectivity index (χ3v) is 2.15. The Kier molecular flexibility index (Phi) is 2.37. The Bertz CT molecular complexity index is 520. The number of hydrogen-bond acceptors (Lipinski definition) is 3. The SMILES string of the molecule is CC(=O)Oc1cc(C)c2ccccc2n1. The zero-order chi connectivity index (χ0) is 10.8. The Balaban J connectivity index is 2.57. The van der Waals surface area contributed by atoms with E-state index in [2.05, 4.69) is 4.98 Å². The number of carbonyl (C=O) groups is 1. The van der Waals surface area contributed by atoms with Crippen molar-refractivity contribution in [1.82, 2.24) is 4.98 Å². The van der Waals surface area contributed by atoms with Gasteiger partial charge in [-0.05, 0) is 18.6 Å². The van der Waals surface area contributed by atoms with Gasteiger partial charge in [0, 0.05) is 18.4 Å². The third kappa shape index (κ3) is 1.96. The van der Waals surface area contributed by atoms with E-state index in [4.69, 9.17) is 4.74 Å². The predicted molar refractivity (Wildman–Crippen MR) is 57.8 cm³/mol. The van der Waals surface area contributed by atoms with E-state index in [9.17, 15) is 4.79 Å². The van der Waals surface area contributed by atoms with Gasteiger partial charge < -0.3 is 4.74 Å². The summed E-state index contributed by atoms with van der Waals surface area (Å²) in [5.74, 6) is 0.0101.